The molecule has 1 heterocycles. The first-order valence-electron chi connectivity index (χ1n) is 10.3. The Hall–Kier alpha value is -2.78. The van der Waals surface area contributed by atoms with E-state index >= 15 is 0 Å². The second-order valence-electron chi connectivity index (χ2n) is 7.84. The van der Waals surface area contributed by atoms with Gasteiger partial charge in [-0.1, -0.05) is 31.2 Å². The summed E-state index contributed by atoms with van der Waals surface area (Å²) in [6, 6.07) is 9.74. The number of nitrogens with zero attached hydrogens (tertiary/aromatic N) is 2. The van der Waals surface area contributed by atoms with Crippen molar-refractivity contribution in [3.8, 4) is 0 Å². The van der Waals surface area contributed by atoms with Gasteiger partial charge in [0.05, 0.1) is 9.82 Å². The average Bonchev–Trinajstić information content (AvgIpc) is 2.75. The first kappa shape index (κ1) is 22.9. The van der Waals surface area contributed by atoms with E-state index in [1.807, 2.05) is 32.0 Å². The molecule has 0 radical (unpaired) electrons. The summed E-state index contributed by atoms with van der Waals surface area (Å²) in [6.07, 6.45) is 1.59. The van der Waals surface area contributed by atoms with Crippen molar-refractivity contribution < 1.29 is 18.1 Å². The number of hydrogen-bond donors (Lipinski definition) is 1. The number of carbonyl (C=O) groups is 1. The molecule has 0 atom stereocenters. The number of nitro groups is 1. The number of para-hydroxylation sites is 1. The number of piperidine rings is 1. The molecule has 2 aromatic rings. The number of benzene rings is 2. The summed E-state index contributed by atoms with van der Waals surface area (Å²) in [4.78, 5) is 23.2. The van der Waals surface area contributed by atoms with Crippen LogP contribution in [0.5, 0.6) is 0 Å². The van der Waals surface area contributed by atoms with Crippen molar-refractivity contribution in [2.24, 2.45) is 5.92 Å². The Labute approximate surface area is 182 Å². The summed E-state index contributed by atoms with van der Waals surface area (Å²) in [7, 11) is -3.88. The maximum Gasteiger partial charge on any atom is 0.270 e. The minimum absolute atomic E-state index is 0.0582. The monoisotopic (exact) mass is 445 g/mol. The average molecular weight is 446 g/mol. The van der Waals surface area contributed by atoms with Crippen LogP contribution >= 0.6 is 0 Å². The van der Waals surface area contributed by atoms with Gasteiger partial charge in [0.25, 0.3) is 5.69 Å². The first-order valence-corrected chi connectivity index (χ1v) is 11.7. The van der Waals surface area contributed by atoms with Crippen LogP contribution < -0.4 is 5.32 Å². The van der Waals surface area contributed by atoms with Gasteiger partial charge < -0.3 is 5.32 Å². The molecule has 9 heteroatoms. The molecule has 0 unspecified atom stereocenters. The Balaban J connectivity index is 1.71. The Bertz CT molecular complexity index is 1110. The maximum absolute atomic E-state index is 13.1. The molecule has 8 nitrogen and oxygen atoms in total. The summed E-state index contributed by atoms with van der Waals surface area (Å²) < 4.78 is 27.5. The molecular weight excluding hydrogens is 418 g/mol. The van der Waals surface area contributed by atoms with E-state index in [-0.39, 0.29) is 35.5 Å². The lowest BCUT2D eigenvalue weighted by molar-refractivity contribution is -0.385. The van der Waals surface area contributed by atoms with Crippen LogP contribution in [0.2, 0.25) is 0 Å². The smallest absolute Gasteiger partial charge is 0.270 e. The summed E-state index contributed by atoms with van der Waals surface area (Å²) in [5.74, 6) is -0.394. The van der Waals surface area contributed by atoms with Gasteiger partial charge in [0, 0.05) is 36.8 Å². The number of anilines is 1. The van der Waals surface area contributed by atoms with E-state index in [9.17, 15) is 23.3 Å². The van der Waals surface area contributed by atoms with Gasteiger partial charge >= 0.3 is 0 Å². The number of amides is 1. The molecule has 0 aromatic heterocycles. The third-order valence-electron chi connectivity index (χ3n) is 5.81. The molecule has 0 aliphatic carbocycles. The van der Waals surface area contributed by atoms with Gasteiger partial charge in [0.1, 0.15) is 0 Å². The van der Waals surface area contributed by atoms with E-state index in [1.165, 1.54) is 16.4 Å². The largest absolute Gasteiger partial charge is 0.325 e. The van der Waals surface area contributed by atoms with Gasteiger partial charge in [-0.2, -0.15) is 4.31 Å². The molecule has 1 amide bonds. The molecule has 0 spiro atoms. The van der Waals surface area contributed by atoms with Crippen molar-refractivity contribution >= 4 is 27.3 Å². The van der Waals surface area contributed by atoms with Crippen molar-refractivity contribution in [2.75, 3.05) is 18.4 Å². The van der Waals surface area contributed by atoms with Gasteiger partial charge in [-0.05, 0) is 49.8 Å². The molecule has 0 saturated carbocycles. The molecular formula is C22H27N3O5S. The summed E-state index contributed by atoms with van der Waals surface area (Å²) in [5.41, 5.74) is 3.08. The fourth-order valence-corrected chi connectivity index (χ4v) is 5.62. The Morgan fingerprint density at radius 1 is 1.16 bits per heavy atom. The fourth-order valence-electron chi connectivity index (χ4n) is 3.90. The molecule has 3 rings (SSSR count). The fraction of sp³-hybridized carbons (Fsp3) is 0.409. The van der Waals surface area contributed by atoms with E-state index in [2.05, 4.69) is 5.32 Å². The molecule has 1 saturated heterocycles. The Morgan fingerprint density at radius 2 is 1.84 bits per heavy atom. The quantitative estimate of drug-likeness (QED) is 0.537. The van der Waals surface area contributed by atoms with Crippen LogP contribution in [0, 0.1) is 29.9 Å². The minimum atomic E-state index is -3.88. The molecule has 1 fully saturated rings. The standard InChI is InChI=1S/C22H27N3O5S/c1-4-17-7-5-6-16(3)21(17)23-22(26)18-10-12-24(13-11-18)31(29,30)20-14-19(25(27)28)9-8-15(20)2/h5-9,14,18H,4,10-13H2,1-3H3,(H,23,26). The number of non-ortho nitro benzene ring substituents is 1. The highest BCUT2D eigenvalue weighted by atomic mass is 32.2. The van der Waals surface area contributed by atoms with Gasteiger partial charge in [-0.25, -0.2) is 8.42 Å². The van der Waals surface area contributed by atoms with E-state index < -0.39 is 14.9 Å². The molecule has 0 bridgehead atoms. The lowest BCUT2D eigenvalue weighted by atomic mass is 9.96. The maximum atomic E-state index is 13.1. The third-order valence-corrected chi connectivity index (χ3v) is 7.85. The number of nitro benzene ring substituents is 1. The lowest BCUT2D eigenvalue weighted by Crippen LogP contribution is -2.41. The number of rotatable bonds is 6. The molecule has 1 aliphatic heterocycles. The van der Waals surface area contributed by atoms with Gasteiger partial charge in [-0.15, -0.1) is 0 Å². The number of aryl methyl sites for hydroxylation is 3. The van der Waals surface area contributed by atoms with Crippen molar-refractivity contribution in [3.05, 3.63) is 63.2 Å². The van der Waals surface area contributed by atoms with Crippen LogP contribution in [-0.2, 0) is 21.2 Å². The summed E-state index contributed by atoms with van der Waals surface area (Å²) >= 11 is 0. The minimum Gasteiger partial charge on any atom is -0.325 e. The van der Waals surface area contributed by atoms with E-state index in [1.54, 1.807) is 6.92 Å². The first-order chi connectivity index (χ1) is 14.6. The predicted molar refractivity (Wildman–Crippen MR) is 119 cm³/mol. The van der Waals surface area contributed by atoms with Crippen LogP contribution in [0.4, 0.5) is 11.4 Å². The zero-order valence-electron chi connectivity index (χ0n) is 17.9. The zero-order chi connectivity index (χ0) is 22.8. The SMILES string of the molecule is CCc1cccc(C)c1NC(=O)C1CCN(S(=O)(=O)c2cc([N+](=O)[O-])ccc2C)CC1. The molecule has 166 valence electrons. The Morgan fingerprint density at radius 3 is 2.45 bits per heavy atom. The zero-order valence-corrected chi connectivity index (χ0v) is 18.7. The van der Waals surface area contributed by atoms with Crippen LogP contribution in [0.25, 0.3) is 0 Å². The highest BCUT2D eigenvalue weighted by Crippen LogP contribution is 2.29. The van der Waals surface area contributed by atoms with Crippen LogP contribution in [0.3, 0.4) is 0 Å². The molecule has 1 N–H and O–H groups in total. The van der Waals surface area contributed by atoms with Crippen molar-refractivity contribution in [1.82, 2.24) is 4.31 Å². The van der Waals surface area contributed by atoms with Crippen molar-refractivity contribution in [2.45, 2.75) is 44.9 Å². The second-order valence-corrected chi connectivity index (χ2v) is 9.74. The van der Waals surface area contributed by atoms with E-state index in [4.69, 9.17) is 0 Å². The number of carbonyl (C=O) groups excluding carboxylic acids is 1. The van der Waals surface area contributed by atoms with Crippen molar-refractivity contribution in [1.29, 1.82) is 0 Å². The third kappa shape index (κ3) is 4.77. The summed E-state index contributed by atoms with van der Waals surface area (Å²) in [5, 5.41) is 14.1. The molecule has 31 heavy (non-hydrogen) atoms. The second kappa shape index (κ2) is 9.15. The van der Waals surface area contributed by atoms with Gasteiger partial charge in [0.2, 0.25) is 15.9 Å². The highest BCUT2D eigenvalue weighted by molar-refractivity contribution is 7.89. The van der Waals surface area contributed by atoms with Crippen LogP contribution in [-0.4, -0.2) is 36.6 Å². The normalized spacial score (nSPS) is 15.6. The number of hydrogen-bond acceptors (Lipinski definition) is 5. The number of nitrogens with one attached hydrogen (secondary N) is 1. The number of sulfonamides is 1. The molecule has 2 aromatic carbocycles. The van der Waals surface area contributed by atoms with Gasteiger partial charge in [0.15, 0.2) is 0 Å². The lowest BCUT2D eigenvalue weighted by Gasteiger charge is -2.31. The summed E-state index contributed by atoms with van der Waals surface area (Å²) in [6.45, 7) is 5.98. The van der Waals surface area contributed by atoms with Crippen LogP contribution in [0.15, 0.2) is 41.3 Å². The van der Waals surface area contributed by atoms with Crippen molar-refractivity contribution in [3.63, 3.8) is 0 Å². The predicted octanol–water partition coefficient (Wildman–Crippen LogP) is 3.81. The Kier molecular flexibility index (Phi) is 6.76. The van der Waals surface area contributed by atoms with E-state index in [0.717, 1.165) is 29.3 Å². The highest BCUT2D eigenvalue weighted by Gasteiger charge is 2.33. The van der Waals surface area contributed by atoms with E-state index in [0.29, 0.717) is 18.4 Å². The van der Waals surface area contributed by atoms with Gasteiger partial charge in [-0.3, -0.25) is 14.9 Å². The van der Waals surface area contributed by atoms with Crippen LogP contribution in [0.1, 0.15) is 36.5 Å². The molecule has 1 aliphatic rings. The topological polar surface area (TPSA) is 110 Å².